The fraction of sp³-hybridized carbons (Fsp3) is 0.125. The van der Waals surface area contributed by atoms with Crippen molar-refractivity contribution in [3.05, 3.63) is 69.8 Å². The summed E-state index contributed by atoms with van der Waals surface area (Å²) in [5.74, 6) is -0.584. The number of sulfonamides is 1. The third-order valence-corrected chi connectivity index (χ3v) is 5.17. The highest BCUT2D eigenvalue weighted by molar-refractivity contribution is 7.89. The molecule has 0 aliphatic rings. The Bertz CT molecular complexity index is 953. The van der Waals surface area contributed by atoms with Crippen LogP contribution < -0.4 is 5.43 Å². The monoisotopic (exact) mass is 376 g/mol. The van der Waals surface area contributed by atoms with Crippen molar-refractivity contribution in [1.29, 1.82) is 0 Å². The summed E-state index contributed by atoms with van der Waals surface area (Å²) in [5, 5.41) is 14.3. The number of amides is 1. The number of hydrazone groups is 1. The molecule has 2 aromatic rings. The molecule has 26 heavy (non-hydrogen) atoms. The van der Waals surface area contributed by atoms with Gasteiger partial charge in [-0.05, 0) is 35.9 Å². The second-order valence-electron chi connectivity index (χ2n) is 5.36. The maximum Gasteiger partial charge on any atom is 0.271 e. The minimum atomic E-state index is -3.65. The molecular weight excluding hydrogens is 360 g/mol. The third kappa shape index (κ3) is 4.49. The minimum Gasteiger partial charge on any atom is -0.267 e. The van der Waals surface area contributed by atoms with Crippen LogP contribution in [0.4, 0.5) is 5.69 Å². The number of non-ortho nitro benzene ring substituents is 1. The minimum absolute atomic E-state index is 0.00509. The van der Waals surface area contributed by atoms with Crippen LogP contribution in [0.1, 0.15) is 15.9 Å². The number of carbonyl (C=O) groups excluding carboxylic acids is 1. The van der Waals surface area contributed by atoms with Crippen LogP contribution in [0.5, 0.6) is 0 Å². The van der Waals surface area contributed by atoms with Gasteiger partial charge in [-0.2, -0.15) is 5.10 Å². The summed E-state index contributed by atoms with van der Waals surface area (Å²) in [6.45, 7) is 0. The van der Waals surface area contributed by atoms with E-state index in [1.54, 1.807) is 0 Å². The van der Waals surface area contributed by atoms with Crippen molar-refractivity contribution in [2.75, 3.05) is 14.1 Å². The Hall–Kier alpha value is -3.11. The van der Waals surface area contributed by atoms with Crippen LogP contribution >= 0.6 is 0 Å². The van der Waals surface area contributed by atoms with E-state index in [2.05, 4.69) is 10.5 Å². The third-order valence-electron chi connectivity index (χ3n) is 3.36. The van der Waals surface area contributed by atoms with Gasteiger partial charge in [0.05, 0.1) is 16.0 Å². The molecule has 136 valence electrons. The lowest BCUT2D eigenvalue weighted by molar-refractivity contribution is -0.384. The van der Waals surface area contributed by atoms with Crippen LogP contribution in [0, 0.1) is 10.1 Å². The van der Waals surface area contributed by atoms with Crippen LogP contribution in [0.15, 0.2) is 58.5 Å². The first-order valence-electron chi connectivity index (χ1n) is 7.32. The molecule has 0 fully saturated rings. The van der Waals surface area contributed by atoms with E-state index in [0.717, 1.165) is 4.31 Å². The second-order valence-corrected chi connectivity index (χ2v) is 7.51. The molecular formula is C16H16N4O5S. The van der Waals surface area contributed by atoms with Crippen molar-refractivity contribution in [3.63, 3.8) is 0 Å². The van der Waals surface area contributed by atoms with E-state index < -0.39 is 20.9 Å². The van der Waals surface area contributed by atoms with Gasteiger partial charge in [0, 0.05) is 31.8 Å². The van der Waals surface area contributed by atoms with Crippen LogP contribution in [-0.2, 0) is 10.0 Å². The summed E-state index contributed by atoms with van der Waals surface area (Å²) in [7, 11) is -0.849. The van der Waals surface area contributed by atoms with Crippen molar-refractivity contribution >= 4 is 27.8 Å². The molecule has 0 aromatic heterocycles. The Morgan fingerprint density at radius 1 is 1.19 bits per heavy atom. The summed E-state index contributed by atoms with van der Waals surface area (Å²) in [6, 6.07) is 11.2. The largest absolute Gasteiger partial charge is 0.271 e. The van der Waals surface area contributed by atoms with Gasteiger partial charge in [-0.1, -0.05) is 6.07 Å². The summed E-state index contributed by atoms with van der Waals surface area (Å²) < 4.78 is 25.2. The molecule has 0 aliphatic carbocycles. The molecule has 0 bridgehead atoms. The zero-order valence-electron chi connectivity index (χ0n) is 14.0. The number of rotatable bonds is 6. The van der Waals surface area contributed by atoms with E-state index in [1.165, 1.54) is 68.8 Å². The first-order chi connectivity index (χ1) is 12.2. The predicted molar refractivity (Wildman–Crippen MR) is 95.5 cm³/mol. The van der Waals surface area contributed by atoms with Gasteiger partial charge < -0.3 is 0 Å². The molecule has 2 rings (SSSR count). The Labute approximate surface area is 150 Å². The van der Waals surface area contributed by atoms with Crippen molar-refractivity contribution in [2.45, 2.75) is 4.90 Å². The van der Waals surface area contributed by atoms with E-state index in [0.29, 0.717) is 5.56 Å². The highest BCUT2D eigenvalue weighted by atomic mass is 32.2. The number of benzene rings is 2. The summed E-state index contributed by atoms with van der Waals surface area (Å²) in [6.07, 6.45) is 1.32. The Balaban J connectivity index is 2.09. The molecule has 0 atom stereocenters. The van der Waals surface area contributed by atoms with Gasteiger partial charge in [0.1, 0.15) is 0 Å². The number of carbonyl (C=O) groups is 1. The van der Waals surface area contributed by atoms with Crippen molar-refractivity contribution in [2.24, 2.45) is 5.10 Å². The normalized spacial score (nSPS) is 11.7. The van der Waals surface area contributed by atoms with Crippen LogP contribution in [0.2, 0.25) is 0 Å². The molecule has 0 spiro atoms. The molecule has 9 nitrogen and oxygen atoms in total. The number of nitrogens with zero attached hydrogens (tertiary/aromatic N) is 3. The van der Waals surface area contributed by atoms with Gasteiger partial charge >= 0.3 is 0 Å². The molecule has 2 aromatic carbocycles. The highest BCUT2D eigenvalue weighted by Gasteiger charge is 2.18. The fourth-order valence-electron chi connectivity index (χ4n) is 1.92. The lowest BCUT2D eigenvalue weighted by atomic mass is 10.2. The molecule has 0 aliphatic heterocycles. The van der Waals surface area contributed by atoms with Crippen molar-refractivity contribution < 1.29 is 18.1 Å². The topological polar surface area (TPSA) is 122 Å². The van der Waals surface area contributed by atoms with Crippen molar-refractivity contribution in [1.82, 2.24) is 9.73 Å². The molecule has 0 radical (unpaired) electrons. The lowest BCUT2D eigenvalue weighted by Crippen LogP contribution is -2.23. The summed E-state index contributed by atoms with van der Waals surface area (Å²) in [5.41, 5.74) is 2.92. The molecule has 1 N–H and O–H groups in total. The zero-order valence-corrected chi connectivity index (χ0v) is 14.8. The standard InChI is InChI=1S/C16H16N4O5S/c1-19(2)26(24,25)15-5-3-4-13(10-15)16(21)18-17-11-12-6-8-14(9-7-12)20(22)23/h3-11H,1-2H3,(H,18,21)/b17-11-. The molecule has 0 unspecified atom stereocenters. The first kappa shape index (κ1) is 19.2. The highest BCUT2D eigenvalue weighted by Crippen LogP contribution is 2.15. The molecule has 1 amide bonds. The fourth-order valence-corrected chi connectivity index (χ4v) is 2.87. The van der Waals surface area contributed by atoms with E-state index in [9.17, 15) is 23.3 Å². The Kier molecular flexibility index (Phi) is 5.80. The van der Waals surface area contributed by atoms with Gasteiger partial charge in [0.2, 0.25) is 10.0 Å². The van der Waals surface area contributed by atoms with E-state index in [4.69, 9.17) is 0 Å². The van der Waals surface area contributed by atoms with Crippen LogP contribution in [0.3, 0.4) is 0 Å². The van der Waals surface area contributed by atoms with E-state index in [-0.39, 0.29) is 16.1 Å². The number of hydrogen-bond acceptors (Lipinski definition) is 6. The second kappa shape index (κ2) is 7.85. The molecule has 0 heterocycles. The average molecular weight is 376 g/mol. The van der Waals surface area contributed by atoms with Gasteiger partial charge in [-0.15, -0.1) is 0 Å². The van der Waals surface area contributed by atoms with E-state index >= 15 is 0 Å². The van der Waals surface area contributed by atoms with Crippen LogP contribution in [0.25, 0.3) is 0 Å². The smallest absolute Gasteiger partial charge is 0.267 e. The van der Waals surface area contributed by atoms with Gasteiger partial charge in [-0.25, -0.2) is 18.1 Å². The maximum atomic E-state index is 12.1. The summed E-state index contributed by atoms with van der Waals surface area (Å²) in [4.78, 5) is 22.2. The first-order valence-corrected chi connectivity index (χ1v) is 8.76. The number of nitro benzene ring substituents is 1. The maximum absolute atomic E-state index is 12.1. The van der Waals surface area contributed by atoms with Crippen molar-refractivity contribution in [3.8, 4) is 0 Å². The number of nitro groups is 1. The van der Waals surface area contributed by atoms with Crippen LogP contribution in [-0.4, -0.2) is 43.9 Å². The van der Waals surface area contributed by atoms with Gasteiger partial charge in [-0.3, -0.25) is 14.9 Å². The lowest BCUT2D eigenvalue weighted by Gasteiger charge is -2.11. The number of hydrogen-bond donors (Lipinski definition) is 1. The van der Waals surface area contributed by atoms with Gasteiger partial charge in [0.25, 0.3) is 11.6 Å². The van der Waals surface area contributed by atoms with Gasteiger partial charge in [0.15, 0.2) is 0 Å². The average Bonchev–Trinajstić information content (AvgIpc) is 2.62. The molecule has 0 saturated heterocycles. The zero-order chi connectivity index (χ0) is 19.3. The predicted octanol–water partition coefficient (Wildman–Crippen LogP) is 1.61. The summed E-state index contributed by atoms with van der Waals surface area (Å²) >= 11 is 0. The Morgan fingerprint density at radius 2 is 1.85 bits per heavy atom. The SMILES string of the molecule is CN(C)S(=O)(=O)c1cccc(C(=O)N/N=C\c2ccc([N+](=O)[O-])cc2)c1. The number of nitrogens with one attached hydrogen (secondary N) is 1. The molecule has 10 heteroatoms. The Morgan fingerprint density at radius 3 is 2.42 bits per heavy atom. The van der Waals surface area contributed by atoms with E-state index in [1.807, 2.05) is 0 Å². The molecule has 0 saturated carbocycles. The quantitative estimate of drug-likeness (QED) is 0.466.